The van der Waals surface area contributed by atoms with Crippen molar-refractivity contribution in [1.29, 1.82) is 0 Å². The van der Waals surface area contributed by atoms with Crippen LogP contribution in [0.15, 0.2) is 30.3 Å². The van der Waals surface area contributed by atoms with Crippen LogP contribution in [0.3, 0.4) is 0 Å². The Labute approximate surface area is 129 Å². The molecule has 0 amide bonds. The number of alkyl halides is 3. The molecule has 0 radical (unpaired) electrons. The quantitative estimate of drug-likeness (QED) is 0.511. The summed E-state index contributed by atoms with van der Waals surface area (Å²) in [4.78, 5) is 0. The molecule has 0 nitrogen and oxygen atoms in total. The zero-order valence-electron chi connectivity index (χ0n) is 10.2. The molecule has 0 aliphatic carbocycles. The first kappa shape index (κ1) is 15.5. The van der Waals surface area contributed by atoms with Crippen molar-refractivity contribution in [2.24, 2.45) is 0 Å². The van der Waals surface area contributed by atoms with Crippen molar-refractivity contribution in [3.05, 3.63) is 56.5 Å². The summed E-state index contributed by atoms with van der Waals surface area (Å²) in [5, 5.41) is 0.522. The Morgan fingerprint density at radius 1 is 0.850 bits per heavy atom. The van der Waals surface area contributed by atoms with Gasteiger partial charge in [-0.25, -0.2) is 0 Å². The molecule has 0 heterocycles. The monoisotopic (exact) mass is 338 g/mol. The maximum absolute atomic E-state index is 12.8. The third-order valence-corrected chi connectivity index (χ3v) is 4.18. The first-order chi connectivity index (χ1) is 9.21. The molecule has 0 saturated heterocycles. The first-order valence-electron chi connectivity index (χ1n) is 5.53. The first-order valence-corrected chi connectivity index (χ1v) is 6.67. The maximum Gasteiger partial charge on any atom is 0.416 e. The van der Waals surface area contributed by atoms with Gasteiger partial charge in [0.25, 0.3) is 0 Å². The third-order valence-electron chi connectivity index (χ3n) is 2.89. The predicted octanol–water partition coefficient (Wildman–Crippen LogP) is 6.64. The molecule has 106 valence electrons. The number of hydrogen-bond donors (Lipinski definition) is 0. The molecular weight excluding hydrogens is 332 g/mol. The molecule has 0 aliphatic rings. The van der Waals surface area contributed by atoms with Crippen LogP contribution in [-0.2, 0) is 6.18 Å². The predicted molar refractivity (Wildman–Crippen MR) is 76.6 cm³/mol. The summed E-state index contributed by atoms with van der Waals surface area (Å²) >= 11 is 17.8. The van der Waals surface area contributed by atoms with E-state index in [0.29, 0.717) is 16.7 Å². The van der Waals surface area contributed by atoms with E-state index in [9.17, 15) is 13.2 Å². The lowest BCUT2D eigenvalue weighted by Gasteiger charge is -2.13. The minimum atomic E-state index is -4.41. The van der Waals surface area contributed by atoms with E-state index in [1.54, 1.807) is 13.0 Å². The molecule has 0 saturated carbocycles. The van der Waals surface area contributed by atoms with Crippen molar-refractivity contribution in [2.45, 2.75) is 13.1 Å². The minimum absolute atomic E-state index is 0.127. The lowest BCUT2D eigenvalue weighted by atomic mass is 9.98. The van der Waals surface area contributed by atoms with Gasteiger partial charge in [-0.15, -0.1) is 0 Å². The zero-order chi connectivity index (χ0) is 15.1. The number of aryl methyl sites for hydroxylation is 1. The average molecular weight is 340 g/mol. The number of rotatable bonds is 1. The van der Waals surface area contributed by atoms with Crippen LogP contribution in [0.4, 0.5) is 13.2 Å². The van der Waals surface area contributed by atoms with Crippen molar-refractivity contribution in [3.63, 3.8) is 0 Å². The molecule has 0 spiro atoms. The van der Waals surface area contributed by atoms with Gasteiger partial charge >= 0.3 is 6.18 Å². The summed E-state index contributed by atoms with van der Waals surface area (Å²) in [6.07, 6.45) is -4.41. The zero-order valence-corrected chi connectivity index (χ0v) is 12.4. The van der Waals surface area contributed by atoms with Crippen molar-refractivity contribution in [1.82, 2.24) is 0 Å². The van der Waals surface area contributed by atoms with Gasteiger partial charge in [-0.05, 0) is 36.2 Å². The molecule has 6 heteroatoms. The van der Waals surface area contributed by atoms with Gasteiger partial charge in [0.1, 0.15) is 0 Å². The molecule has 20 heavy (non-hydrogen) atoms. The van der Waals surface area contributed by atoms with Crippen LogP contribution in [0.1, 0.15) is 11.1 Å². The van der Waals surface area contributed by atoms with E-state index in [1.807, 2.05) is 0 Å². The number of hydrogen-bond acceptors (Lipinski definition) is 0. The van der Waals surface area contributed by atoms with Crippen molar-refractivity contribution in [2.75, 3.05) is 0 Å². The highest BCUT2D eigenvalue weighted by atomic mass is 35.5. The highest BCUT2D eigenvalue weighted by Gasteiger charge is 2.31. The van der Waals surface area contributed by atoms with Crippen LogP contribution < -0.4 is 0 Å². The van der Waals surface area contributed by atoms with E-state index in [-0.39, 0.29) is 15.1 Å². The molecule has 0 fully saturated rings. The average Bonchev–Trinajstić information content (AvgIpc) is 2.36. The molecule has 2 aromatic rings. The highest BCUT2D eigenvalue weighted by Crippen LogP contribution is 2.41. The Morgan fingerprint density at radius 2 is 1.50 bits per heavy atom. The Kier molecular flexibility index (Phi) is 4.24. The fourth-order valence-corrected chi connectivity index (χ4v) is 2.46. The van der Waals surface area contributed by atoms with Crippen LogP contribution >= 0.6 is 34.8 Å². The van der Waals surface area contributed by atoms with Gasteiger partial charge in [-0.2, -0.15) is 13.2 Å². The minimum Gasteiger partial charge on any atom is -0.166 e. The Hall–Kier alpha value is -0.900. The highest BCUT2D eigenvalue weighted by molar-refractivity contribution is 6.49. The van der Waals surface area contributed by atoms with E-state index < -0.39 is 11.7 Å². The molecule has 2 aromatic carbocycles. The van der Waals surface area contributed by atoms with Gasteiger partial charge in [0.15, 0.2) is 0 Å². The molecular formula is C14H8Cl3F3. The van der Waals surface area contributed by atoms with Crippen LogP contribution in [-0.4, -0.2) is 0 Å². The van der Waals surface area contributed by atoms with Gasteiger partial charge in [-0.3, -0.25) is 0 Å². The Morgan fingerprint density at radius 3 is 2.10 bits per heavy atom. The Balaban J connectivity index is 2.67. The normalized spacial score (nSPS) is 11.8. The maximum atomic E-state index is 12.8. The smallest absolute Gasteiger partial charge is 0.166 e. The number of halogens is 6. The second-order valence-corrected chi connectivity index (χ2v) is 5.41. The molecule has 0 unspecified atom stereocenters. The lowest BCUT2D eigenvalue weighted by Crippen LogP contribution is -2.05. The van der Waals surface area contributed by atoms with Crippen LogP contribution in [0.25, 0.3) is 11.1 Å². The van der Waals surface area contributed by atoms with Gasteiger partial charge in [0.2, 0.25) is 0 Å². The summed E-state index contributed by atoms with van der Waals surface area (Å²) in [5.41, 5.74) is 0.728. The molecule has 0 bridgehead atoms. The van der Waals surface area contributed by atoms with Gasteiger partial charge in [0, 0.05) is 5.56 Å². The standard InChI is InChI=1S/C14H8Cl3F3/c1-7-2-3-8(14(18,19)20)6-10(7)9-4-5-11(15)13(17)12(9)16/h2-6H,1H3. The van der Waals surface area contributed by atoms with Gasteiger partial charge < -0.3 is 0 Å². The summed E-state index contributed by atoms with van der Waals surface area (Å²) in [6.45, 7) is 1.70. The molecule has 0 aromatic heterocycles. The van der Waals surface area contributed by atoms with Crippen LogP contribution in [0, 0.1) is 6.92 Å². The summed E-state index contributed by atoms with van der Waals surface area (Å²) in [7, 11) is 0. The van der Waals surface area contributed by atoms with E-state index in [4.69, 9.17) is 34.8 Å². The second kappa shape index (κ2) is 5.47. The fourth-order valence-electron chi connectivity index (χ4n) is 1.82. The lowest BCUT2D eigenvalue weighted by molar-refractivity contribution is -0.137. The molecule has 0 aliphatic heterocycles. The molecule has 0 atom stereocenters. The largest absolute Gasteiger partial charge is 0.416 e. The van der Waals surface area contributed by atoms with E-state index >= 15 is 0 Å². The summed E-state index contributed by atoms with van der Waals surface area (Å²) < 4.78 is 38.3. The number of benzene rings is 2. The Bertz CT molecular complexity index is 663. The summed E-state index contributed by atoms with van der Waals surface area (Å²) in [5.74, 6) is 0. The second-order valence-electron chi connectivity index (χ2n) is 4.25. The fraction of sp³-hybridized carbons (Fsp3) is 0.143. The SMILES string of the molecule is Cc1ccc(C(F)(F)F)cc1-c1ccc(Cl)c(Cl)c1Cl. The van der Waals surface area contributed by atoms with Gasteiger partial charge in [-0.1, -0.05) is 46.9 Å². The van der Waals surface area contributed by atoms with Gasteiger partial charge in [0.05, 0.1) is 20.6 Å². The van der Waals surface area contributed by atoms with E-state index in [1.165, 1.54) is 12.1 Å². The van der Waals surface area contributed by atoms with Crippen molar-refractivity contribution >= 4 is 34.8 Å². The molecule has 0 N–H and O–H groups in total. The topological polar surface area (TPSA) is 0 Å². The van der Waals surface area contributed by atoms with Crippen molar-refractivity contribution in [3.8, 4) is 11.1 Å². The van der Waals surface area contributed by atoms with E-state index in [0.717, 1.165) is 12.1 Å². The van der Waals surface area contributed by atoms with Crippen LogP contribution in [0.2, 0.25) is 15.1 Å². The van der Waals surface area contributed by atoms with Crippen LogP contribution in [0.5, 0.6) is 0 Å². The van der Waals surface area contributed by atoms with Crippen molar-refractivity contribution < 1.29 is 13.2 Å². The molecule has 2 rings (SSSR count). The third kappa shape index (κ3) is 2.90. The van der Waals surface area contributed by atoms with E-state index in [2.05, 4.69) is 0 Å². The summed E-state index contributed by atoms with van der Waals surface area (Å²) in [6, 6.07) is 6.55.